The average molecular weight is 652 g/mol. The fourth-order valence-electron chi connectivity index (χ4n) is 3.08. The molecule has 0 aliphatic carbocycles. The van der Waals surface area contributed by atoms with Crippen molar-refractivity contribution in [2.45, 2.75) is 74.7 Å². The SMILES string of the molecule is CC(C)(C)C(=O)/C=C(\O)C(C)(C)C.CCC(C)c1cc(C)[c-]c(-c2ccc3ccncc3n2)c1.[Ir]. The summed E-state index contributed by atoms with van der Waals surface area (Å²) >= 11 is 0. The van der Waals surface area contributed by atoms with Gasteiger partial charge < -0.3 is 5.11 Å². The number of aryl methyl sites for hydroxylation is 1. The summed E-state index contributed by atoms with van der Waals surface area (Å²) in [6, 6.07) is 14.0. The molecule has 1 unspecified atom stereocenters. The first-order valence-corrected chi connectivity index (χ1v) is 11.9. The van der Waals surface area contributed by atoms with Gasteiger partial charge in [0.15, 0.2) is 5.78 Å². The second-order valence-corrected chi connectivity index (χ2v) is 11.0. The Hall–Kier alpha value is -2.36. The first-order chi connectivity index (χ1) is 15.7. The number of benzene rings is 1. The van der Waals surface area contributed by atoms with Gasteiger partial charge in [0.05, 0.1) is 11.7 Å². The largest absolute Gasteiger partial charge is 0.512 e. The second kappa shape index (κ2) is 12.6. The van der Waals surface area contributed by atoms with Crippen molar-refractivity contribution in [3.8, 4) is 11.3 Å². The van der Waals surface area contributed by atoms with Gasteiger partial charge in [0.1, 0.15) is 5.76 Å². The van der Waals surface area contributed by atoms with Crippen molar-refractivity contribution in [2.75, 3.05) is 0 Å². The van der Waals surface area contributed by atoms with E-state index in [0.717, 1.165) is 34.1 Å². The van der Waals surface area contributed by atoms with Crippen molar-refractivity contribution < 1.29 is 30.0 Å². The minimum Gasteiger partial charge on any atom is -0.512 e. The van der Waals surface area contributed by atoms with E-state index >= 15 is 0 Å². The molecule has 2 heterocycles. The Labute approximate surface area is 224 Å². The van der Waals surface area contributed by atoms with Gasteiger partial charge in [-0.2, -0.15) is 0 Å². The monoisotopic (exact) mass is 652 g/mol. The zero-order valence-electron chi connectivity index (χ0n) is 22.5. The Morgan fingerprint density at radius 1 is 1.09 bits per heavy atom. The number of nitrogens with zero attached hydrogens (tertiary/aromatic N) is 2. The predicted octanol–water partition coefficient (Wildman–Crippen LogP) is 8.01. The van der Waals surface area contributed by atoms with Gasteiger partial charge in [-0.3, -0.25) is 14.8 Å². The van der Waals surface area contributed by atoms with Gasteiger partial charge >= 0.3 is 0 Å². The number of carbonyl (C=O) groups is 1. The number of fused-ring (bicyclic) bond motifs is 1. The molecule has 3 aromatic rings. The summed E-state index contributed by atoms with van der Waals surface area (Å²) in [6.45, 7) is 17.7. The Kier molecular flexibility index (Phi) is 11.0. The summed E-state index contributed by atoms with van der Waals surface area (Å²) in [4.78, 5) is 20.4. The Bertz CT molecular complexity index is 1170. The molecule has 2 aromatic heterocycles. The van der Waals surface area contributed by atoms with E-state index < -0.39 is 5.41 Å². The Balaban J connectivity index is 0.000000383. The van der Waals surface area contributed by atoms with Gasteiger partial charge in [0.25, 0.3) is 0 Å². The fourth-order valence-corrected chi connectivity index (χ4v) is 3.08. The van der Waals surface area contributed by atoms with E-state index in [9.17, 15) is 9.90 Å². The zero-order chi connectivity index (χ0) is 25.7. The van der Waals surface area contributed by atoms with Crippen LogP contribution in [0, 0.1) is 23.8 Å². The minimum absolute atomic E-state index is 0. The van der Waals surface area contributed by atoms with Crippen LogP contribution in [0.15, 0.2) is 54.6 Å². The zero-order valence-corrected chi connectivity index (χ0v) is 24.9. The van der Waals surface area contributed by atoms with Crippen molar-refractivity contribution in [3.63, 3.8) is 0 Å². The molecule has 1 aromatic carbocycles. The summed E-state index contributed by atoms with van der Waals surface area (Å²) in [7, 11) is 0. The molecule has 0 saturated carbocycles. The summed E-state index contributed by atoms with van der Waals surface area (Å²) in [5.41, 5.74) is 4.71. The quantitative estimate of drug-likeness (QED) is 0.176. The molecule has 191 valence electrons. The molecule has 0 amide bonds. The number of hydrogen-bond acceptors (Lipinski definition) is 4. The van der Waals surface area contributed by atoms with Gasteiger partial charge in [-0.1, -0.05) is 80.9 Å². The minimum atomic E-state index is -0.417. The van der Waals surface area contributed by atoms with Gasteiger partial charge in [-0.15, -0.1) is 34.9 Å². The molecule has 0 saturated heterocycles. The third kappa shape index (κ3) is 8.98. The second-order valence-electron chi connectivity index (χ2n) is 11.0. The molecule has 1 N–H and O–H groups in total. The topological polar surface area (TPSA) is 63.1 Å². The predicted molar refractivity (Wildman–Crippen MR) is 142 cm³/mol. The van der Waals surface area contributed by atoms with Crippen LogP contribution in [0.2, 0.25) is 0 Å². The summed E-state index contributed by atoms with van der Waals surface area (Å²) in [5, 5.41) is 10.7. The third-order valence-corrected chi connectivity index (χ3v) is 5.75. The van der Waals surface area contributed by atoms with Crippen molar-refractivity contribution >= 4 is 16.7 Å². The van der Waals surface area contributed by atoms with Crippen molar-refractivity contribution in [1.29, 1.82) is 0 Å². The van der Waals surface area contributed by atoms with Crippen LogP contribution in [0.25, 0.3) is 22.2 Å². The number of hydrogen-bond donors (Lipinski definition) is 1. The Morgan fingerprint density at radius 2 is 1.74 bits per heavy atom. The van der Waals surface area contributed by atoms with Crippen molar-refractivity contribution in [3.05, 3.63) is 71.8 Å². The number of rotatable bonds is 4. The maximum absolute atomic E-state index is 11.5. The number of ketones is 1. The number of aliphatic hydroxyl groups excluding tert-OH is 1. The molecular weight excluding hydrogens is 613 g/mol. The van der Waals surface area contributed by atoms with Crippen LogP contribution < -0.4 is 0 Å². The molecule has 1 radical (unpaired) electrons. The van der Waals surface area contributed by atoms with E-state index in [1.54, 1.807) is 6.20 Å². The van der Waals surface area contributed by atoms with E-state index in [2.05, 4.69) is 56.1 Å². The summed E-state index contributed by atoms with van der Waals surface area (Å²) in [5.74, 6) is 0.659. The van der Waals surface area contributed by atoms with E-state index in [1.807, 2.05) is 53.8 Å². The number of carbonyl (C=O) groups excluding carboxylic acids is 1. The number of aromatic nitrogens is 2. The van der Waals surface area contributed by atoms with Gasteiger partial charge in [-0.05, 0) is 17.7 Å². The van der Waals surface area contributed by atoms with Gasteiger partial charge in [-0.25, -0.2) is 0 Å². The molecule has 1 atom stereocenters. The molecule has 0 aliphatic rings. The van der Waals surface area contributed by atoms with Crippen LogP contribution in [0.4, 0.5) is 0 Å². The van der Waals surface area contributed by atoms with Gasteiger partial charge in [0.2, 0.25) is 0 Å². The third-order valence-electron chi connectivity index (χ3n) is 5.75. The molecule has 3 rings (SSSR count). The van der Waals surface area contributed by atoms with Crippen LogP contribution in [-0.2, 0) is 24.9 Å². The maximum atomic E-state index is 11.5. The average Bonchev–Trinajstić information content (AvgIpc) is 2.76. The standard InChI is InChI=1S/C19H19N2.C11H20O2.Ir/c1-4-14(3)16-9-13(2)10-17(11-16)18-6-5-15-7-8-20-12-19(15)21-18;1-10(2,3)8(12)7-9(13)11(4,5)6;/h5-9,11-12,14H,4H2,1-3H3;7,12H,1-6H3;/q-1;;/b;8-7-;. The maximum Gasteiger partial charge on any atom is 0.164 e. The summed E-state index contributed by atoms with van der Waals surface area (Å²) < 4.78 is 0. The molecule has 35 heavy (non-hydrogen) atoms. The van der Waals surface area contributed by atoms with E-state index in [4.69, 9.17) is 4.98 Å². The van der Waals surface area contributed by atoms with Crippen molar-refractivity contribution in [1.82, 2.24) is 9.97 Å². The fraction of sp³-hybridized carbons (Fsp3) is 0.433. The normalized spacial score (nSPS) is 12.9. The van der Waals surface area contributed by atoms with Crippen LogP contribution in [0.3, 0.4) is 0 Å². The molecular formula is C30H39IrN2O2-. The van der Waals surface area contributed by atoms with Gasteiger partial charge in [0, 0.05) is 48.6 Å². The van der Waals surface area contributed by atoms with Crippen LogP contribution in [-0.4, -0.2) is 20.9 Å². The number of pyridine rings is 2. The molecule has 0 spiro atoms. The Morgan fingerprint density at radius 3 is 2.31 bits per heavy atom. The number of allylic oxidation sites excluding steroid dienone is 2. The van der Waals surface area contributed by atoms with Crippen LogP contribution in [0.5, 0.6) is 0 Å². The summed E-state index contributed by atoms with van der Waals surface area (Å²) in [6.07, 6.45) is 6.08. The molecule has 0 fully saturated rings. The first kappa shape index (κ1) is 30.7. The molecule has 0 aliphatic heterocycles. The smallest absolute Gasteiger partial charge is 0.164 e. The number of aliphatic hydroxyl groups is 1. The molecule has 0 bridgehead atoms. The van der Waals surface area contributed by atoms with Crippen LogP contribution in [0.1, 0.15) is 78.9 Å². The van der Waals surface area contributed by atoms with E-state index in [0.29, 0.717) is 5.92 Å². The van der Waals surface area contributed by atoms with Crippen molar-refractivity contribution in [2.24, 2.45) is 10.8 Å². The molecule has 4 nitrogen and oxygen atoms in total. The first-order valence-electron chi connectivity index (χ1n) is 11.9. The van der Waals surface area contributed by atoms with E-state index in [-0.39, 0.29) is 37.1 Å². The van der Waals surface area contributed by atoms with E-state index in [1.165, 1.54) is 11.6 Å². The molecule has 5 heteroatoms. The van der Waals surface area contributed by atoms with Crippen LogP contribution >= 0.6 is 0 Å².